The second-order valence-electron chi connectivity index (χ2n) is 3.73. The maximum Gasteiger partial charge on any atom is 0.131 e. The summed E-state index contributed by atoms with van der Waals surface area (Å²) in [5.41, 5.74) is 5.44. The Labute approximate surface area is 91.5 Å². The molecule has 0 aliphatic carbocycles. The fourth-order valence-corrected chi connectivity index (χ4v) is 1.44. The van der Waals surface area contributed by atoms with E-state index >= 15 is 0 Å². The first kappa shape index (κ1) is 11.9. The molecule has 15 heavy (non-hydrogen) atoms. The molecule has 1 rings (SSSR count). The lowest BCUT2D eigenvalue weighted by atomic mass is 10.2. The third kappa shape index (κ3) is 4.25. The number of unbranched alkanes of at least 4 members (excludes halogenated alkanes) is 2. The van der Waals surface area contributed by atoms with E-state index in [1.807, 2.05) is 13.0 Å². The summed E-state index contributed by atoms with van der Waals surface area (Å²) in [6.45, 7) is 3.72. The highest BCUT2D eigenvalue weighted by Crippen LogP contribution is 2.08. The Bertz CT molecular complexity index is 288. The van der Waals surface area contributed by atoms with Crippen LogP contribution in [0.1, 0.15) is 25.1 Å². The molecule has 0 saturated heterocycles. The molecule has 0 saturated carbocycles. The summed E-state index contributed by atoms with van der Waals surface area (Å²) in [5.74, 6) is 1.82. The van der Waals surface area contributed by atoms with E-state index < -0.39 is 0 Å². The maximum atomic E-state index is 5.44. The van der Waals surface area contributed by atoms with Gasteiger partial charge in [0.25, 0.3) is 0 Å². The molecule has 4 heteroatoms. The number of hydrogen-bond acceptors (Lipinski definition) is 4. The third-order valence-electron chi connectivity index (χ3n) is 2.35. The number of anilines is 1. The lowest BCUT2D eigenvalue weighted by Crippen LogP contribution is -2.20. The highest BCUT2D eigenvalue weighted by atomic mass is 15.2. The molecule has 4 nitrogen and oxygen atoms in total. The van der Waals surface area contributed by atoms with Gasteiger partial charge in [0.15, 0.2) is 0 Å². The van der Waals surface area contributed by atoms with Gasteiger partial charge < -0.3 is 10.6 Å². The molecule has 1 aromatic heterocycles. The zero-order valence-corrected chi connectivity index (χ0v) is 9.61. The van der Waals surface area contributed by atoms with Gasteiger partial charge in [0.1, 0.15) is 11.6 Å². The van der Waals surface area contributed by atoms with Gasteiger partial charge in [-0.25, -0.2) is 9.97 Å². The predicted molar refractivity (Wildman–Crippen MR) is 62.9 cm³/mol. The van der Waals surface area contributed by atoms with Crippen molar-refractivity contribution in [1.82, 2.24) is 9.97 Å². The molecule has 1 heterocycles. The monoisotopic (exact) mass is 208 g/mol. The lowest BCUT2D eigenvalue weighted by molar-refractivity contribution is 0.675. The summed E-state index contributed by atoms with van der Waals surface area (Å²) in [5, 5.41) is 0. The highest BCUT2D eigenvalue weighted by molar-refractivity contribution is 5.35. The van der Waals surface area contributed by atoms with Crippen molar-refractivity contribution in [3.63, 3.8) is 0 Å². The Kier molecular flexibility index (Phi) is 5.04. The number of aromatic nitrogens is 2. The van der Waals surface area contributed by atoms with Gasteiger partial charge >= 0.3 is 0 Å². The van der Waals surface area contributed by atoms with Gasteiger partial charge in [0.05, 0.1) is 0 Å². The van der Waals surface area contributed by atoms with Gasteiger partial charge in [-0.2, -0.15) is 0 Å². The quantitative estimate of drug-likeness (QED) is 0.717. The van der Waals surface area contributed by atoms with E-state index in [2.05, 4.69) is 21.9 Å². The van der Waals surface area contributed by atoms with E-state index in [-0.39, 0.29) is 0 Å². The zero-order valence-electron chi connectivity index (χ0n) is 9.61. The van der Waals surface area contributed by atoms with Crippen molar-refractivity contribution < 1.29 is 0 Å². The predicted octanol–water partition coefficient (Wildman–Crippen LogP) is 1.35. The molecule has 0 aromatic carbocycles. The molecule has 2 N–H and O–H groups in total. The van der Waals surface area contributed by atoms with Crippen LogP contribution in [0, 0.1) is 6.92 Å². The Morgan fingerprint density at radius 3 is 2.80 bits per heavy atom. The molecule has 0 unspecified atom stereocenters. The number of nitrogens with zero attached hydrogens (tertiary/aromatic N) is 3. The van der Waals surface area contributed by atoms with Crippen LogP contribution in [-0.2, 0) is 0 Å². The fourth-order valence-electron chi connectivity index (χ4n) is 1.44. The molecule has 0 bridgehead atoms. The van der Waals surface area contributed by atoms with Gasteiger partial charge in [-0.1, -0.05) is 6.42 Å². The first-order chi connectivity index (χ1) is 7.24. The van der Waals surface area contributed by atoms with Crippen molar-refractivity contribution in [2.24, 2.45) is 5.73 Å². The summed E-state index contributed by atoms with van der Waals surface area (Å²) < 4.78 is 0. The normalized spacial score (nSPS) is 10.3. The van der Waals surface area contributed by atoms with Crippen molar-refractivity contribution in [2.75, 3.05) is 25.0 Å². The Balaban J connectivity index is 2.36. The number of hydrogen-bond donors (Lipinski definition) is 1. The number of rotatable bonds is 6. The maximum absolute atomic E-state index is 5.44. The summed E-state index contributed by atoms with van der Waals surface area (Å²) in [7, 11) is 2.06. The Morgan fingerprint density at radius 1 is 1.33 bits per heavy atom. The SMILES string of the molecule is Cc1nccc(N(C)CCCCCN)n1. The van der Waals surface area contributed by atoms with E-state index in [0.717, 1.165) is 37.6 Å². The van der Waals surface area contributed by atoms with Crippen molar-refractivity contribution >= 4 is 5.82 Å². The van der Waals surface area contributed by atoms with E-state index in [9.17, 15) is 0 Å². The van der Waals surface area contributed by atoms with Crippen molar-refractivity contribution in [1.29, 1.82) is 0 Å². The standard InChI is InChI=1S/C11H20N4/c1-10-13-8-6-11(14-10)15(2)9-5-3-4-7-12/h6,8H,3-5,7,9,12H2,1-2H3. The van der Waals surface area contributed by atoms with Gasteiger partial charge in [-0.15, -0.1) is 0 Å². The van der Waals surface area contributed by atoms with Crippen molar-refractivity contribution in [3.8, 4) is 0 Å². The number of aryl methyl sites for hydroxylation is 1. The first-order valence-electron chi connectivity index (χ1n) is 5.45. The summed E-state index contributed by atoms with van der Waals surface area (Å²) in [6.07, 6.45) is 5.26. The smallest absolute Gasteiger partial charge is 0.131 e. The van der Waals surface area contributed by atoms with E-state index in [4.69, 9.17) is 5.73 Å². The minimum Gasteiger partial charge on any atom is -0.360 e. The van der Waals surface area contributed by atoms with Crippen molar-refractivity contribution in [2.45, 2.75) is 26.2 Å². The minimum absolute atomic E-state index is 0.788. The minimum atomic E-state index is 0.788. The molecular formula is C11H20N4. The Morgan fingerprint density at radius 2 is 2.13 bits per heavy atom. The molecule has 0 atom stereocenters. The van der Waals surface area contributed by atoms with Gasteiger partial charge in [-0.05, 0) is 32.4 Å². The largest absolute Gasteiger partial charge is 0.360 e. The second kappa shape index (κ2) is 6.35. The molecule has 0 amide bonds. The van der Waals surface area contributed by atoms with Crippen molar-refractivity contribution in [3.05, 3.63) is 18.1 Å². The second-order valence-corrected chi connectivity index (χ2v) is 3.73. The van der Waals surface area contributed by atoms with Crippen LogP contribution in [0.25, 0.3) is 0 Å². The molecule has 0 radical (unpaired) electrons. The van der Waals surface area contributed by atoms with Crippen LogP contribution in [0.4, 0.5) is 5.82 Å². The Hall–Kier alpha value is -1.16. The molecule has 0 fully saturated rings. The molecule has 84 valence electrons. The van der Waals surface area contributed by atoms with E-state index in [1.165, 1.54) is 6.42 Å². The summed E-state index contributed by atoms with van der Waals surface area (Å²) >= 11 is 0. The van der Waals surface area contributed by atoms with E-state index in [1.54, 1.807) is 6.20 Å². The van der Waals surface area contributed by atoms with Gasteiger partial charge in [-0.3, -0.25) is 0 Å². The van der Waals surface area contributed by atoms with Crippen LogP contribution >= 0.6 is 0 Å². The van der Waals surface area contributed by atoms with Crippen LogP contribution in [0.2, 0.25) is 0 Å². The summed E-state index contributed by atoms with van der Waals surface area (Å²) in [6, 6.07) is 1.94. The highest BCUT2D eigenvalue weighted by Gasteiger charge is 2.01. The van der Waals surface area contributed by atoms with Crippen LogP contribution in [0.5, 0.6) is 0 Å². The fraction of sp³-hybridized carbons (Fsp3) is 0.636. The van der Waals surface area contributed by atoms with Crippen LogP contribution < -0.4 is 10.6 Å². The lowest BCUT2D eigenvalue weighted by Gasteiger charge is -2.17. The average molecular weight is 208 g/mol. The van der Waals surface area contributed by atoms with Crippen LogP contribution in [0.3, 0.4) is 0 Å². The zero-order chi connectivity index (χ0) is 11.1. The van der Waals surface area contributed by atoms with Crippen LogP contribution in [-0.4, -0.2) is 30.1 Å². The number of nitrogens with two attached hydrogens (primary N) is 1. The summed E-state index contributed by atoms with van der Waals surface area (Å²) in [4.78, 5) is 10.6. The molecule has 0 spiro atoms. The van der Waals surface area contributed by atoms with Gasteiger partial charge in [0.2, 0.25) is 0 Å². The topological polar surface area (TPSA) is 55.0 Å². The van der Waals surface area contributed by atoms with Crippen LogP contribution in [0.15, 0.2) is 12.3 Å². The molecule has 0 aliphatic rings. The molecule has 1 aromatic rings. The first-order valence-corrected chi connectivity index (χ1v) is 5.45. The molecule has 0 aliphatic heterocycles. The van der Waals surface area contributed by atoms with Gasteiger partial charge in [0, 0.05) is 19.8 Å². The third-order valence-corrected chi connectivity index (χ3v) is 2.35. The molecular weight excluding hydrogens is 188 g/mol. The van der Waals surface area contributed by atoms with E-state index in [0.29, 0.717) is 0 Å². The average Bonchev–Trinajstić information content (AvgIpc) is 2.24.